The average molecular weight is 224 g/mol. The van der Waals surface area contributed by atoms with Crippen molar-refractivity contribution < 1.29 is 4.74 Å². The van der Waals surface area contributed by atoms with Gasteiger partial charge >= 0.3 is 0 Å². The molecule has 0 spiro atoms. The van der Waals surface area contributed by atoms with Crippen molar-refractivity contribution in [3.63, 3.8) is 0 Å². The summed E-state index contributed by atoms with van der Waals surface area (Å²) in [6.07, 6.45) is 1.65. The second kappa shape index (κ2) is 4.39. The van der Waals surface area contributed by atoms with Gasteiger partial charge in [-0.3, -0.25) is 5.32 Å². The highest BCUT2D eigenvalue weighted by atomic mass is 35.5. The van der Waals surface area contributed by atoms with Crippen LogP contribution < -0.4 is 5.32 Å². The Labute approximate surface area is 90.6 Å². The Balaban J connectivity index is 0.000000845. The summed E-state index contributed by atoms with van der Waals surface area (Å²) in [6, 6.07) is 0. The van der Waals surface area contributed by atoms with Crippen LogP contribution in [-0.4, -0.2) is 29.9 Å². The molecule has 2 aliphatic heterocycles. The zero-order valence-electron chi connectivity index (χ0n) is 8.21. The second-order valence-corrected chi connectivity index (χ2v) is 5.53. The molecule has 2 nitrogen and oxygen atoms in total. The first-order valence-electron chi connectivity index (χ1n) is 4.64. The van der Waals surface area contributed by atoms with E-state index in [2.05, 4.69) is 19.2 Å². The number of ether oxygens (including phenoxy) is 1. The van der Waals surface area contributed by atoms with Crippen molar-refractivity contribution in [1.29, 1.82) is 0 Å². The van der Waals surface area contributed by atoms with Gasteiger partial charge in [-0.1, -0.05) is 0 Å². The van der Waals surface area contributed by atoms with Gasteiger partial charge in [0.15, 0.2) is 0 Å². The van der Waals surface area contributed by atoms with Crippen molar-refractivity contribution in [3.05, 3.63) is 0 Å². The third kappa shape index (κ3) is 2.75. The van der Waals surface area contributed by atoms with Crippen LogP contribution in [0.25, 0.3) is 0 Å². The third-order valence-corrected chi connectivity index (χ3v) is 3.74. The summed E-state index contributed by atoms with van der Waals surface area (Å²) in [5.74, 6) is 3.33. The fraction of sp³-hybridized carbons (Fsp3) is 1.00. The van der Waals surface area contributed by atoms with Crippen LogP contribution in [0.4, 0.5) is 0 Å². The van der Waals surface area contributed by atoms with E-state index in [-0.39, 0.29) is 17.9 Å². The van der Waals surface area contributed by atoms with Crippen molar-refractivity contribution in [1.82, 2.24) is 5.32 Å². The molecule has 2 saturated heterocycles. The molecule has 0 bridgehead atoms. The van der Waals surface area contributed by atoms with Crippen LogP contribution in [0.2, 0.25) is 0 Å². The Kier molecular flexibility index (Phi) is 3.93. The first-order chi connectivity index (χ1) is 5.67. The fourth-order valence-corrected chi connectivity index (χ4v) is 3.09. The van der Waals surface area contributed by atoms with Gasteiger partial charge in [-0.2, -0.15) is 11.8 Å². The molecule has 2 aliphatic rings. The molecule has 0 radical (unpaired) electrons. The van der Waals surface area contributed by atoms with Gasteiger partial charge in [0.25, 0.3) is 0 Å². The first kappa shape index (κ1) is 11.6. The molecular formula is C9H18ClNOS. The van der Waals surface area contributed by atoms with E-state index < -0.39 is 0 Å². The Bertz CT molecular complexity index is 171. The van der Waals surface area contributed by atoms with Gasteiger partial charge in [0.1, 0.15) is 6.23 Å². The van der Waals surface area contributed by atoms with Gasteiger partial charge in [-0.25, -0.2) is 0 Å². The Morgan fingerprint density at radius 2 is 2.23 bits per heavy atom. The van der Waals surface area contributed by atoms with Crippen LogP contribution in [-0.2, 0) is 4.74 Å². The number of halogens is 1. The maximum absolute atomic E-state index is 5.73. The van der Waals surface area contributed by atoms with E-state index in [1.165, 1.54) is 17.9 Å². The van der Waals surface area contributed by atoms with Crippen molar-refractivity contribution >= 4 is 24.2 Å². The highest BCUT2D eigenvalue weighted by molar-refractivity contribution is 7.99. The smallest absolute Gasteiger partial charge is 0.112 e. The summed E-state index contributed by atoms with van der Waals surface area (Å²) in [5.41, 5.74) is 0.192. The lowest BCUT2D eigenvalue weighted by molar-refractivity contribution is 0.0600. The van der Waals surface area contributed by atoms with E-state index in [1.807, 2.05) is 11.8 Å². The second-order valence-electron chi connectivity index (χ2n) is 4.38. The topological polar surface area (TPSA) is 21.3 Å². The molecule has 0 saturated carbocycles. The minimum atomic E-state index is 0. The Hall–Kier alpha value is 0.560. The molecule has 0 aromatic rings. The van der Waals surface area contributed by atoms with Crippen LogP contribution in [0.15, 0.2) is 0 Å². The molecule has 0 aliphatic carbocycles. The summed E-state index contributed by atoms with van der Waals surface area (Å²) < 4.78 is 5.73. The lowest BCUT2D eigenvalue weighted by Gasteiger charge is -2.20. The average Bonchev–Trinajstić information content (AvgIpc) is 2.55. The van der Waals surface area contributed by atoms with Crippen molar-refractivity contribution in [3.8, 4) is 0 Å². The normalized spacial score (nSPS) is 37.4. The molecule has 1 N–H and O–H groups in total. The third-order valence-electron chi connectivity index (χ3n) is 2.55. The maximum Gasteiger partial charge on any atom is 0.112 e. The lowest BCUT2D eigenvalue weighted by atomic mass is 10.1. The molecule has 78 valence electrons. The van der Waals surface area contributed by atoms with Crippen LogP contribution in [0.1, 0.15) is 20.3 Å². The van der Waals surface area contributed by atoms with Crippen LogP contribution in [0.3, 0.4) is 0 Å². The van der Waals surface area contributed by atoms with E-state index in [1.54, 1.807) is 0 Å². The van der Waals surface area contributed by atoms with Gasteiger partial charge < -0.3 is 4.74 Å². The minimum absolute atomic E-state index is 0. The molecule has 2 rings (SSSR count). The largest absolute Gasteiger partial charge is 0.361 e. The standard InChI is InChI=1S/C9H17NOS.ClH/c1-9(2)6-11-8(10-9)7-3-4-12-5-7;/h7-8,10H,3-6H2,1-2H3;1H. The maximum atomic E-state index is 5.73. The van der Waals surface area contributed by atoms with Gasteiger partial charge in [0, 0.05) is 11.5 Å². The quantitative estimate of drug-likeness (QED) is 0.734. The number of nitrogens with one attached hydrogen (secondary N) is 1. The zero-order valence-corrected chi connectivity index (χ0v) is 9.84. The lowest BCUT2D eigenvalue weighted by Crippen LogP contribution is -2.42. The number of thioether (sulfide) groups is 1. The molecule has 2 atom stereocenters. The van der Waals surface area contributed by atoms with Gasteiger partial charge in [0.05, 0.1) is 6.61 Å². The summed E-state index contributed by atoms with van der Waals surface area (Å²) >= 11 is 2.05. The van der Waals surface area contributed by atoms with Gasteiger partial charge in [-0.15, -0.1) is 12.4 Å². The Morgan fingerprint density at radius 1 is 1.46 bits per heavy atom. The SMILES string of the molecule is CC1(C)COC(C2CCSC2)N1.Cl. The first-order valence-corrected chi connectivity index (χ1v) is 5.80. The predicted octanol–water partition coefficient (Wildman–Crippen LogP) is 1.89. The van der Waals surface area contributed by atoms with E-state index in [9.17, 15) is 0 Å². The minimum Gasteiger partial charge on any atom is -0.361 e. The predicted molar refractivity (Wildman–Crippen MR) is 59.6 cm³/mol. The molecule has 0 aromatic carbocycles. The number of rotatable bonds is 1. The number of hydrogen-bond donors (Lipinski definition) is 1. The fourth-order valence-electron chi connectivity index (χ4n) is 1.81. The molecule has 13 heavy (non-hydrogen) atoms. The highest BCUT2D eigenvalue weighted by Gasteiger charge is 2.36. The highest BCUT2D eigenvalue weighted by Crippen LogP contribution is 2.30. The Morgan fingerprint density at radius 3 is 2.69 bits per heavy atom. The summed E-state index contributed by atoms with van der Waals surface area (Å²) in [5, 5.41) is 3.54. The van der Waals surface area contributed by atoms with Gasteiger partial charge in [-0.05, 0) is 31.8 Å². The molecule has 2 unspecified atom stereocenters. The summed E-state index contributed by atoms with van der Waals surface area (Å²) in [4.78, 5) is 0. The molecule has 0 aromatic heterocycles. The van der Waals surface area contributed by atoms with E-state index in [0.717, 1.165) is 12.5 Å². The van der Waals surface area contributed by atoms with Gasteiger partial charge in [0.2, 0.25) is 0 Å². The van der Waals surface area contributed by atoms with Crippen LogP contribution >= 0.6 is 24.2 Å². The summed E-state index contributed by atoms with van der Waals surface area (Å²) in [6.45, 7) is 5.27. The molecule has 4 heteroatoms. The molecule has 2 fully saturated rings. The molecular weight excluding hydrogens is 206 g/mol. The summed E-state index contributed by atoms with van der Waals surface area (Å²) in [7, 11) is 0. The van der Waals surface area contributed by atoms with Crippen LogP contribution in [0.5, 0.6) is 0 Å². The van der Waals surface area contributed by atoms with Crippen molar-refractivity contribution in [2.45, 2.75) is 32.0 Å². The van der Waals surface area contributed by atoms with Crippen molar-refractivity contribution in [2.75, 3.05) is 18.1 Å². The zero-order chi connectivity index (χ0) is 8.60. The van der Waals surface area contributed by atoms with E-state index in [4.69, 9.17) is 4.74 Å². The van der Waals surface area contributed by atoms with E-state index >= 15 is 0 Å². The van der Waals surface area contributed by atoms with E-state index in [0.29, 0.717) is 6.23 Å². The van der Waals surface area contributed by atoms with Crippen molar-refractivity contribution in [2.24, 2.45) is 5.92 Å². The molecule has 0 amide bonds. The molecule has 2 heterocycles. The monoisotopic (exact) mass is 223 g/mol. The number of hydrogen-bond acceptors (Lipinski definition) is 3. The van der Waals surface area contributed by atoms with Crippen LogP contribution in [0, 0.1) is 5.92 Å².